The van der Waals surface area contributed by atoms with E-state index in [-0.39, 0.29) is 10.2 Å². The second-order valence-corrected chi connectivity index (χ2v) is 7.10. The molecular weight excluding hydrogens is 397 g/mol. The lowest BCUT2D eigenvalue weighted by Gasteiger charge is -2.13. The van der Waals surface area contributed by atoms with Gasteiger partial charge in [0, 0.05) is 0 Å². The van der Waals surface area contributed by atoms with Gasteiger partial charge in [0.05, 0.1) is 4.90 Å². The number of anilines is 1. The smallest absolute Gasteiger partial charge is 0.368 e. The summed E-state index contributed by atoms with van der Waals surface area (Å²) >= 11 is 0. The fourth-order valence-electron chi connectivity index (χ4n) is 2.05. The highest BCUT2D eigenvalue weighted by Crippen LogP contribution is 2.31. The summed E-state index contributed by atoms with van der Waals surface area (Å²) < 4.78 is 113. The summed E-state index contributed by atoms with van der Waals surface area (Å²) in [5.41, 5.74) is 3.97. The van der Waals surface area contributed by atoms with Gasteiger partial charge in [-0.25, -0.2) is 12.8 Å². The zero-order valence-corrected chi connectivity index (χ0v) is 13.5. The highest BCUT2D eigenvalue weighted by Gasteiger charge is 2.39. The summed E-state index contributed by atoms with van der Waals surface area (Å²) in [6.07, 6.45) is -10.1. The monoisotopic (exact) mass is 406 g/mol. The molecule has 2 N–H and O–H groups in total. The molecule has 0 aliphatic rings. The zero-order chi connectivity index (χ0) is 20.1. The Morgan fingerprint density at radius 3 is 2.19 bits per heavy atom. The van der Waals surface area contributed by atoms with Crippen molar-refractivity contribution in [2.45, 2.75) is 24.2 Å². The van der Waals surface area contributed by atoms with Gasteiger partial charge in [0.15, 0.2) is 15.6 Å². The van der Waals surface area contributed by atoms with Crippen molar-refractivity contribution in [1.82, 2.24) is 14.8 Å². The van der Waals surface area contributed by atoms with Crippen LogP contribution in [-0.4, -0.2) is 35.1 Å². The molecule has 0 saturated heterocycles. The highest BCUT2D eigenvalue weighted by atomic mass is 32.2. The molecule has 26 heavy (non-hydrogen) atoms. The minimum Gasteiger partial charge on any atom is -0.368 e. The lowest BCUT2D eigenvalue weighted by atomic mass is 10.2. The van der Waals surface area contributed by atoms with Gasteiger partial charge in [0.2, 0.25) is 5.95 Å². The summed E-state index contributed by atoms with van der Waals surface area (Å²) in [7, 11) is -4.95. The molecule has 14 heteroatoms. The zero-order valence-electron chi connectivity index (χ0n) is 12.7. The molecule has 2 rings (SSSR count). The number of nitrogens with zero attached hydrogens (tertiary/aromatic N) is 3. The molecule has 0 bridgehead atoms. The van der Waals surface area contributed by atoms with Crippen molar-refractivity contribution in [2.75, 3.05) is 11.5 Å². The molecule has 0 spiro atoms. The number of aromatic nitrogens is 3. The van der Waals surface area contributed by atoms with Crippen molar-refractivity contribution in [3.05, 3.63) is 29.3 Å². The second-order valence-electron chi connectivity index (χ2n) is 5.15. The third-order valence-electron chi connectivity index (χ3n) is 3.05. The lowest BCUT2D eigenvalue weighted by molar-refractivity contribution is -0.144. The Kier molecular flexibility index (Phi) is 4.68. The molecule has 144 valence electrons. The van der Waals surface area contributed by atoms with E-state index in [0.29, 0.717) is 12.1 Å². The maximum Gasteiger partial charge on any atom is 0.453 e. The first-order valence-electron chi connectivity index (χ1n) is 6.51. The van der Waals surface area contributed by atoms with Crippen molar-refractivity contribution in [3.8, 4) is 5.69 Å². The number of nitrogens with two attached hydrogens (primary N) is 1. The van der Waals surface area contributed by atoms with Gasteiger partial charge in [-0.3, -0.25) is 0 Å². The van der Waals surface area contributed by atoms with Crippen LogP contribution in [0.4, 0.5) is 36.7 Å². The Morgan fingerprint density at radius 1 is 1.15 bits per heavy atom. The Morgan fingerprint density at radius 2 is 1.73 bits per heavy atom. The van der Waals surface area contributed by atoms with Crippen molar-refractivity contribution >= 4 is 15.8 Å². The third-order valence-corrected chi connectivity index (χ3v) is 4.86. The summed E-state index contributed by atoms with van der Waals surface area (Å²) in [5, 5.41) is 2.94. The number of alkyl halides is 6. The maximum atomic E-state index is 14.1. The first-order chi connectivity index (χ1) is 11.6. The number of halogens is 7. The number of hydrogen-bond donors (Lipinski definition) is 1. The van der Waals surface area contributed by atoms with E-state index in [1.165, 1.54) is 0 Å². The van der Waals surface area contributed by atoms with E-state index < -0.39 is 56.1 Å². The van der Waals surface area contributed by atoms with Crippen molar-refractivity contribution in [1.29, 1.82) is 0 Å². The van der Waals surface area contributed by atoms with Gasteiger partial charge in [-0.1, -0.05) is 0 Å². The maximum absolute atomic E-state index is 14.1. The van der Waals surface area contributed by atoms with E-state index in [1.54, 1.807) is 0 Å². The van der Waals surface area contributed by atoms with Crippen LogP contribution in [0, 0.1) is 12.7 Å². The SMILES string of the molecule is Cc1cc(F)c(-n2nc(C(F)(F)F)nc2N)cc1S(=O)(=O)CC(F)(F)F. The molecule has 0 amide bonds. The third kappa shape index (κ3) is 4.05. The predicted molar refractivity (Wildman–Crippen MR) is 73.6 cm³/mol. The van der Waals surface area contributed by atoms with Crippen molar-refractivity contribution in [2.24, 2.45) is 0 Å². The highest BCUT2D eigenvalue weighted by molar-refractivity contribution is 7.91. The van der Waals surface area contributed by atoms with Crippen LogP contribution in [0.25, 0.3) is 5.69 Å². The largest absolute Gasteiger partial charge is 0.453 e. The van der Waals surface area contributed by atoms with Crippen molar-refractivity contribution < 1.29 is 39.2 Å². The van der Waals surface area contributed by atoms with Gasteiger partial charge >= 0.3 is 12.4 Å². The van der Waals surface area contributed by atoms with Crippen molar-refractivity contribution in [3.63, 3.8) is 0 Å². The minimum atomic E-state index is -5.07. The Hall–Kier alpha value is -2.38. The fraction of sp³-hybridized carbons (Fsp3) is 0.333. The first-order valence-corrected chi connectivity index (χ1v) is 8.17. The van der Waals surface area contributed by atoms with Gasteiger partial charge in [-0.15, -0.1) is 5.10 Å². The van der Waals surface area contributed by atoms with Crippen LogP contribution in [0.5, 0.6) is 0 Å². The summed E-state index contributed by atoms with van der Waals surface area (Å²) in [4.78, 5) is 1.96. The number of benzene rings is 1. The second kappa shape index (κ2) is 6.10. The normalized spacial score (nSPS) is 13.2. The molecule has 1 aromatic carbocycles. The van der Waals surface area contributed by atoms with E-state index in [2.05, 4.69) is 10.1 Å². The molecule has 0 fully saturated rings. The first kappa shape index (κ1) is 19.9. The molecule has 1 aromatic heterocycles. The summed E-state index contributed by atoms with van der Waals surface area (Å²) in [6, 6.07) is 0.976. The van der Waals surface area contributed by atoms with Crippen LogP contribution < -0.4 is 5.73 Å². The molecule has 1 heterocycles. The van der Waals surface area contributed by atoms with Gasteiger partial charge in [0.25, 0.3) is 5.82 Å². The van der Waals surface area contributed by atoms with E-state index >= 15 is 0 Å². The average Bonchev–Trinajstić information content (AvgIpc) is 2.77. The molecular formula is C12H9F7N4O2S. The predicted octanol–water partition coefficient (Wildman–Crippen LogP) is 2.65. The van der Waals surface area contributed by atoms with Gasteiger partial charge < -0.3 is 5.73 Å². The number of aryl methyl sites for hydroxylation is 1. The van der Waals surface area contributed by atoms with Gasteiger partial charge in [-0.05, 0) is 24.6 Å². The van der Waals surface area contributed by atoms with E-state index in [1.807, 2.05) is 0 Å². The summed E-state index contributed by atoms with van der Waals surface area (Å²) in [6.45, 7) is 1.03. The quantitative estimate of drug-likeness (QED) is 0.625. The van der Waals surface area contributed by atoms with Gasteiger partial charge in [0.1, 0.15) is 11.5 Å². The molecule has 0 atom stereocenters. The minimum absolute atomic E-state index is 0.157. The molecule has 6 nitrogen and oxygen atoms in total. The van der Waals surface area contributed by atoms with Crippen LogP contribution in [0.2, 0.25) is 0 Å². The number of sulfone groups is 1. The Balaban J connectivity index is 2.65. The van der Waals surface area contributed by atoms with Crippen LogP contribution in [0.1, 0.15) is 11.4 Å². The standard InChI is InChI=1S/C12H9F7N4O2S/c1-5-2-6(13)7(3-8(5)26(24,25)4-11(14,15)16)23-10(20)21-9(22-23)12(17,18)19/h2-3H,4H2,1H3,(H2,20,21,22). The van der Waals surface area contributed by atoms with E-state index in [4.69, 9.17) is 5.73 Å². The topological polar surface area (TPSA) is 90.9 Å². The Labute approximate surface area is 141 Å². The molecule has 0 aliphatic carbocycles. The van der Waals surface area contributed by atoms with E-state index in [9.17, 15) is 39.2 Å². The molecule has 0 aliphatic heterocycles. The number of hydrogen-bond acceptors (Lipinski definition) is 5. The molecule has 0 saturated carbocycles. The molecule has 0 unspecified atom stereocenters. The summed E-state index contributed by atoms with van der Waals surface area (Å²) in [5.74, 6) is -6.14. The Bertz CT molecular complexity index is 948. The molecule has 2 aromatic rings. The number of nitrogen functional groups attached to an aromatic ring is 1. The van der Waals surface area contributed by atoms with Crippen LogP contribution >= 0.6 is 0 Å². The fourth-order valence-corrected chi connectivity index (χ4v) is 3.48. The lowest BCUT2D eigenvalue weighted by Crippen LogP contribution is -2.24. The van der Waals surface area contributed by atoms with Gasteiger partial charge in [-0.2, -0.15) is 36.0 Å². The van der Waals surface area contributed by atoms with E-state index in [0.717, 1.165) is 6.92 Å². The van der Waals surface area contributed by atoms with Crippen LogP contribution in [0.15, 0.2) is 17.0 Å². The van der Waals surface area contributed by atoms with Crippen LogP contribution in [-0.2, 0) is 16.0 Å². The van der Waals surface area contributed by atoms with Crippen LogP contribution in [0.3, 0.4) is 0 Å². The average molecular weight is 406 g/mol. The molecule has 0 radical (unpaired) electrons. The number of rotatable bonds is 3.